The van der Waals surface area contributed by atoms with Crippen LogP contribution in [0.25, 0.3) is 0 Å². The number of nitrogens with one attached hydrogen (secondary N) is 1. The number of anilines is 1. The van der Waals surface area contributed by atoms with Crippen LogP contribution >= 0.6 is 0 Å². The maximum atomic E-state index is 12.6. The predicted octanol–water partition coefficient (Wildman–Crippen LogP) is 2.32. The normalized spacial score (nSPS) is 14.4. The molecule has 0 spiro atoms. The van der Waals surface area contributed by atoms with Gasteiger partial charge in [-0.3, -0.25) is 9.59 Å². The van der Waals surface area contributed by atoms with Gasteiger partial charge in [0, 0.05) is 30.8 Å². The maximum absolute atomic E-state index is 12.6. The zero-order valence-electron chi connectivity index (χ0n) is 15.1. The minimum Gasteiger partial charge on any atom is -0.378 e. The van der Waals surface area contributed by atoms with Crippen LogP contribution in [0.5, 0.6) is 0 Å². The Bertz CT molecular complexity index is 583. The number of unbranched alkanes of at least 4 members (excludes halogenated alkanes) is 3. The van der Waals surface area contributed by atoms with E-state index in [9.17, 15) is 9.59 Å². The summed E-state index contributed by atoms with van der Waals surface area (Å²) in [6, 6.07) is 5.47. The monoisotopic (exact) mass is 347 g/mol. The summed E-state index contributed by atoms with van der Waals surface area (Å²) < 4.78 is 5.29. The Hall–Kier alpha value is -1.92. The first-order chi connectivity index (χ1) is 12.1. The van der Waals surface area contributed by atoms with Crippen LogP contribution in [0, 0.1) is 6.92 Å². The molecule has 0 aliphatic carbocycles. The summed E-state index contributed by atoms with van der Waals surface area (Å²) >= 11 is 0. The molecule has 25 heavy (non-hydrogen) atoms. The summed E-state index contributed by atoms with van der Waals surface area (Å²) in [5, 5.41) is 2.94. The van der Waals surface area contributed by atoms with Gasteiger partial charge in [0.15, 0.2) is 0 Å². The highest BCUT2D eigenvalue weighted by Gasteiger charge is 2.19. The molecular formula is C19H29N3O3. The van der Waals surface area contributed by atoms with Gasteiger partial charge in [-0.05, 0) is 44.0 Å². The molecule has 1 aromatic rings. The first kappa shape index (κ1) is 19.4. The van der Waals surface area contributed by atoms with Crippen LogP contribution in [-0.2, 0) is 9.53 Å². The van der Waals surface area contributed by atoms with E-state index in [1.165, 1.54) is 0 Å². The van der Waals surface area contributed by atoms with Gasteiger partial charge in [0.25, 0.3) is 5.91 Å². The molecule has 0 bridgehead atoms. The molecule has 1 heterocycles. The summed E-state index contributed by atoms with van der Waals surface area (Å²) in [6.07, 6.45) is 4.43. The van der Waals surface area contributed by atoms with Gasteiger partial charge in [-0.2, -0.15) is 0 Å². The van der Waals surface area contributed by atoms with E-state index >= 15 is 0 Å². The van der Waals surface area contributed by atoms with Gasteiger partial charge in [-0.15, -0.1) is 0 Å². The SMILES string of the molecule is Cc1ccc(C(=O)N2CCOCC2)cc1NC(=O)CCCCCCN. The highest BCUT2D eigenvalue weighted by molar-refractivity contribution is 5.97. The molecule has 6 heteroatoms. The summed E-state index contributed by atoms with van der Waals surface area (Å²) in [6.45, 7) is 5.00. The molecule has 0 atom stereocenters. The van der Waals surface area contributed by atoms with Crippen molar-refractivity contribution in [3.8, 4) is 0 Å². The highest BCUT2D eigenvalue weighted by atomic mass is 16.5. The molecular weight excluding hydrogens is 318 g/mol. The van der Waals surface area contributed by atoms with Crippen LogP contribution in [0.2, 0.25) is 0 Å². The first-order valence-electron chi connectivity index (χ1n) is 9.09. The van der Waals surface area contributed by atoms with Crippen molar-refractivity contribution >= 4 is 17.5 Å². The number of rotatable bonds is 8. The molecule has 1 fully saturated rings. The average molecular weight is 347 g/mol. The fourth-order valence-corrected chi connectivity index (χ4v) is 2.83. The van der Waals surface area contributed by atoms with E-state index in [1.54, 1.807) is 11.0 Å². The van der Waals surface area contributed by atoms with Gasteiger partial charge < -0.3 is 20.7 Å². The standard InChI is InChI=1S/C19H29N3O3/c1-15-7-8-16(19(24)22-10-12-25-13-11-22)14-17(15)21-18(23)6-4-2-3-5-9-20/h7-8,14H,2-6,9-13,20H2,1H3,(H,21,23). The molecule has 0 aromatic heterocycles. The molecule has 3 N–H and O–H groups in total. The number of carbonyl (C=O) groups excluding carboxylic acids is 2. The number of benzene rings is 1. The molecule has 2 amide bonds. The Morgan fingerprint density at radius 3 is 2.60 bits per heavy atom. The van der Waals surface area contributed by atoms with Gasteiger partial charge in [0.2, 0.25) is 5.91 Å². The molecule has 1 aliphatic rings. The van der Waals surface area contributed by atoms with E-state index in [-0.39, 0.29) is 11.8 Å². The number of nitrogens with two attached hydrogens (primary N) is 1. The molecule has 6 nitrogen and oxygen atoms in total. The van der Waals surface area contributed by atoms with Crippen molar-refractivity contribution in [3.05, 3.63) is 29.3 Å². The molecule has 0 unspecified atom stereocenters. The van der Waals surface area contributed by atoms with Gasteiger partial charge in [0.1, 0.15) is 0 Å². The zero-order valence-corrected chi connectivity index (χ0v) is 15.1. The summed E-state index contributed by atoms with van der Waals surface area (Å²) in [7, 11) is 0. The second-order valence-electron chi connectivity index (χ2n) is 6.44. The van der Waals surface area contributed by atoms with Crippen molar-refractivity contribution in [1.82, 2.24) is 4.90 Å². The fourth-order valence-electron chi connectivity index (χ4n) is 2.83. The second kappa shape index (κ2) is 10.2. The number of aryl methyl sites for hydroxylation is 1. The fraction of sp³-hybridized carbons (Fsp3) is 0.579. The quantitative estimate of drug-likeness (QED) is 0.707. The number of hydrogen-bond acceptors (Lipinski definition) is 4. The lowest BCUT2D eigenvalue weighted by atomic mass is 10.1. The lowest BCUT2D eigenvalue weighted by Crippen LogP contribution is -2.40. The maximum Gasteiger partial charge on any atom is 0.254 e. The number of amides is 2. The lowest BCUT2D eigenvalue weighted by Gasteiger charge is -2.27. The second-order valence-corrected chi connectivity index (χ2v) is 6.44. The van der Waals surface area contributed by atoms with Gasteiger partial charge in [0.05, 0.1) is 13.2 Å². The average Bonchev–Trinajstić information content (AvgIpc) is 2.63. The largest absolute Gasteiger partial charge is 0.378 e. The summed E-state index contributed by atoms with van der Waals surface area (Å²) in [4.78, 5) is 26.5. The van der Waals surface area contributed by atoms with E-state index in [1.807, 2.05) is 19.1 Å². The third-order valence-electron chi connectivity index (χ3n) is 4.41. The molecule has 2 rings (SSSR count). The smallest absolute Gasteiger partial charge is 0.254 e. The van der Waals surface area contributed by atoms with Gasteiger partial charge in [-0.25, -0.2) is 0 Å². The third-order valence-corrected chi connectivity index (χ3v) is 4.41. The number of morpholine rings is 1. The first-order valence-corrected chi connectivity index (χ1v) is 9.09. The summed E-state index contributed by atoms with van der Waals surface area (Å²) in [5.41, 5.74) is 7.73. The van der Waals surface area contributed by atoms with Crippen LogP contribution < -0.4 is 11.1 Å². The lowest BCUT2D eigenvalue weighted by molar-refractivity contribution is -0.116. The third kappa shape index (κ3) is 6.14. The Morgan fingerprint density at radius 2 is 1.88 bits per heavy atom. The van der Waals surface area contributed by atoms with Crippen molar-refractivity contribution in [1.29, 1.82) is 0 Å². The van der Waals surface area contributed by atoms with Crippen molar-refractivity contribution in [2.45, 2.75) is 39.0 Å². The van der Waals surface area contributed by atoms with Crippen molar-refractivity contribution in [2.24, 2.45) is 5.73 Å². The number of ether oxygens (including phenoxy) is 1. The predicted molar refractivity (Wildman–Crippen MR) is 98.7 cm³/mol. The van der Waals surface area contributed by atoms with Crippen LogP contribution in [0.3, 0.4) is 0 Å². The van der Waals surface area contributed by atoms with Crippen LogP contribution in [-0.4, -0.2) is 49.6 Å². The van der Waals surface area contributed by atoms with Crippen molar-refractivity contribution < 1.29 is 14.3 Å². The van der Waals surface area contributed by atoms with Crippen molar-refractivity contribution in [2.75, 3.05) is 38.2 Å². The topological polar surface area (TPSA) is 84.7 Å². The summed E-state index contributed by atoms with van der Waals surface area (Å²) in [5.74, 6) is -0.0209. The number of hydrogen-bond donors (Lipinski definition) is 2. The van der Waals surface area contributed by atoms with E-state index in [2.05, 4.69) is 5.32 Å². The Labute approximate surface area is 149 Å². The minimum atomic E-state index is -0.0133. The van der Waals surface area contributed by atoms with Gasteiger partial charge >= 0.3 is 0 Å². The van der Waals surface area contributed by atoms with E-state index < -0.39 is 0 Å². The van der Waals surface area contributed by atoms with Crippen LogP contribution in [0.1, 0.15) is 48.0 Å². The Kier molecular flexibility index (Phi) is 7.88. The number of carbonyl (C=O) groups is 2. The van der Waals surface area contributed by atoms with Crippen LogP contribution in [0.4, 0.5) is 5.69 Å². The molecule has 0 radical (unpaired) electrons. The Morgan fingerprint density at radius 1 is 1.16 bits per heavy atom. The van der Waals surface area contributed by atoms with Gasteiger partial charge in [-0.1, -0.05) is 18.9 Å². The molecule has 0 saturated carbocycles. The van der Waals surface area contributed by atoms with E-state index in [0.29, 0.717) is 50.5 Å². The van der Waals surface area contributed by atoms with E-state index in [0.717, 1.165) is 31.2 Å². The minimum absolute atomic E-state index is 0.00757. The van der Waals surface area contributed by atoms with Crippen LogP contribution in [0.15, 0.2) is 18.2 Å². The van der Waals surface area contributed by atoms with Crippen molar-refractivity contribution in [3.63, 3.8) is 0 Å². The zero-order chi connectivity index (χ0) is 18.1. The molecule has 1 aromatic carbocycles. The van der Waals surface area contributed by atoms with E-state index in [4.69, 9.17) is 10.5 Å². The number of nitrogens with zero attached hydrogens (tertiary/aromatic N) is 1. The molecule has 1 aliphatic heterocycles. The highest BCUT2D eigenvalue weighted by Crippen LogP contribution is 2.19. The molecule has 1 saturated heterocycles. The molecule has 138 valence electrons. The Balaban J connectivity index is 1.91.